The molecular formula is C25H33N5S. The molecule has 3 aromatic rings. The summed E-state index contributed by atoms with van der Waals surface area (Å²) in [6.07, 6.45) is 2.60. The van der Waals surface area contributed by atoms with Crippen molar-refractivity contribution in [3.63, 3.8) is 0 Å². The Kier molecular flexibility index (Phi) is 5.87. The molecule has 0 amide bonds. The first-order valence-corrected chi connectivity index (χ1v) is 12.3. The van der Waals surface area contributed by atoms with Crippen molar-refractivity contribution in [3.8, 4) is 10.6 Å². The summed E-state index contributed by atoms with van der Waals surface area (Å²) in [7, 11) is 6.29. The molecule has 0 spiro atoms. The summed E-state index contributed by atoms with van der Waals surface area (Å²) in [5.74, 6) is 1.37. The molecule has 0 aliphatic carbocycles. The molecule has 2 aromatic heterocycles. The maximum absolute atomic E-state index is 4.82. The first-order valence-electron chi connectivity index (χ1n) is 11.4. The number of anilines is 1. The molecular weight excluding hydrogens is 402 g/mol. The highest BCUT2D eigenvalue weighted by molar-refractivity contribution is 7.13. The third-order valence-electron chi connectivity index (χ3n) is 7.11. The second kappa shape index (κ2) is 8.77. The molecule has 0 radical (unpaired) electrons. The van der Waals surface area contributed by atoms with Crippen LogP contribution in [0.5, 0.6) is 0 Å². The lowest BCUT2D eigenvalue weighted by Gasteiger charge is -2.50. The van der Waals surface area contributed by atoms with Crippen LogP contribution >= 0.6 is 11.3 Å². The standard InChI is InChI=1S/C25H33N5S/c1-28(2)20-8-6-18(7-9-20)15-26-16-21-13-19-10-11-30(21)17-22(19)24-14-23(27-29(24)3)25-5-4-12-31-25/h4-9,12,14,19,21-22,26H,10-11,13,15-17H2,1-3H3/t19-,21+,22+/m0/s1. The molecule has 1 N–H and O–H groups in total. The Morgan fingerprint density at radius 3 is 2.71 bits per heavy atom. The summed E-state index contributed by atoms with van der Waals surface area (Å²) < 4.78 is 2.13. The number of nitrogens with zero attached hydrogens (tertiary/aromatic N) is 4. The van der Waals surface area contributed by atoms with E-state index in [0.717, 1.165) is 31.2 Å². The predicted molar refractivity (Wildman–Crippen MR) is 130 cm³/mol. The van der Waals surface area contributed by atoms with Gasteiger partial charge >= 0.3 is 0 Å². The largest absolute Gasteiger partial charge is 0.378 e. The summed E-state index contributed by atoms with van der Waals surface area (Å²) in [5.41, 5.74) is 5.14. The van der Waals surface area contributed by atoms with Crippen LogP contribution in [-0.2, 0) is 13.6 Å². The maximum Gasteiger partial charge on any atom is 0.103 e. The van der Waals surface area contributed by atoms with Gasteiger partial charge in [0.1, 0.15) is 5.69 Å². The smallest absolute Gasteiger partial charge is 0.103 e. The Hall–Kier alpha value is -2.15. The van der Waals surface area contributed by atoms with E-state index in [2.05, 4.69) is 88.8 Å². The van der Waals surface area contributed by atoms with Crippen molar-refractivity contribution in [2.75, 3.05) is 38.6 Å². The topological polar surface area (TPSA) is 36.3 Å². The zero-order chi connectivity index (χ0) is 21.4. The summed E-state index contributed by atoms with van der Waals surface area (Å²) in [4.78, 5) is 6.12. The molecule has 0 saturated carbocycles. The number of hydrogen-bond acceptors (Lipinski definition) is 5. The van der Waals surface area contributed by atoms with E-state index in [1.54, 1.807) is 11.3 Å². The van der Waals surface area contributed by atoms with Crippen molar-refractivity contribution in [2.24, 2.45) is 13.0 Å². The van der Waals surface area contributed by atoms with Crippen LogP contribution in [0.3, 0.4) is 0 Å². The SMILES string of the molecule is CN(C)c1ccc(CNC[C@H]2C[C@@H]3CCN2C[C@H]3c2cc(-c3cccs3)nn2C)cc1. The van der Waals surface area contributed by atoms with E-state index in [9.17, 15) is 0 Å². The number of rotatable bonds is 7. The third kappa shape index (κ3) is 4.29. The van der Waals surface area contributed by atoms with Crippen LogP contribution in [0.1, 0.15) is 30.0 Å². The van der Waals surface area contributed by atoms with Crippen LogP contribution in [0, 0.1) is 5.92 Å². The van der Waals surface area contributed by atoms with E-state index in [0.29, 0.717) is 12.0 Å². The fourth-order valence-corrected chi connectivity index (χ4v) is 6.04. The van der Waals surface area contributed by atoms with E-state index in [4.69, 9.17) is 5.10 Å². The van der Waals surface area contributed by atoms with Gasteiger partial charge in [-0.25, -0.2) is 0 Å². The number of aromatic nitrogens is 2. The van der Waals surface area contributed by atoms with E-state index in [-0.39, 0.29) is 0 Å². The van der Waals surface area contributed by atoms with Crippen LogP contribution in [0.4, 0.5) is 5.69 Å². The van der Waals surface area contributed by atoms with Gasteiger partial charge in [-0.05, 0) is 60.5 Å². The molecule has 5 nitrogen and oxygen atoms in total. The number of benzene rings is 1. The second-order valence-electron chi connectivity index (χ2n) is 9.29. The Morgan fingerprint density at radius 2 is 2.03 bits per heavy atom. The minimum absolute atomic E-state index is 0.606. The lowest BCUT2D eigenvalue weighted by Crippen LogP contribution is -2.55. The van der Waals surface area contributed by atoms with Crippen LogP contribution < -0.4 is 10.2 Å². The number of thiophene rings is 1. The van der Waals surface area contributed by atoms with E-state index < -0.39 is 0 Å². The molecule has 3 aliphatic heterocycles. The van der Waals surface area contributed by atoms with Crippen LogP contribution in [0.15, 0.2) is 47.8 Å². The third-order valence-corrected chi connectivity index (χ3v) is 8.00. The quantitative estimate of drug-likeness (QED) is 0.604. The van der Waals surface area contributed by atoms with Crippen molar-refractivity contribution in [1.29, 1.82) is 0 Å². The molecule has 1 unspecified atom stereocenters. The van der Waals surface area contributed by atoms with Gasteiger partial charge in [-0.2, -0.15) is 5.10 Å². The minimum atomic E-state index is 0.606. The highest BCUT2D eigenvalue weighted by atomic mass is 32.1. The molecule has 5 heterocycles. The molecule has 4 atom stereocenters. The van der Waals surface area contributed by atoms with Gasteiger partial charge in [-0.15, -0.1) is 11.3 Å². The van der Waals surface area contributed by atoms with Crippen LogP contribution in [0.2, 0.25) is 0 Å². The van der Waals surface area contributed by atoms with Crippen molar-refractivity contribution in [3.05, 3.63) is 59.1 Å². The zero-order valence-corrected chi connectivity index (χ0v) is 19.6. The highest BCUT2D eigenvalue weighted by Gasteiger charge is 2.41. The average molecular weight is 436 g/mol. The number of fused-ring (bicyclic) bond motifs is 3. The summed E-state index contributed by atoms with van der Waals surface area (Å²) in [6.45, 7) is 4.42. The first-order chi connectivity index (χ1) is 15.1. The molecule has 31 heavy (non-hydrogen) atoms. The predicted octanol–water partition coefficient (Wildman–Crippen LogP) is 4.18. The van der Waals surface area contributed by atoms with Gasteiger partial charge in [0.05, 0.1) is 4.88 Å². The average Bonchev–Trinajstić information content (AvgIpc) is 3.44. The Balaban J connectivity index is 1.19. The summed E-state index contributed by atoms with van der Waals surface area (Å²) in [5, 5.41) is 10.7. The molecule has 6 heteroatoms. The molecule has 3 aliphatic rings. The van der Waals surface area contributed by atoms with Crippen molar-refractivity contribution < 1.29 is 0 Å². The van der Waals surface area contributed by atoms with Gasteiger partial charge in [0, 0.05) is 64.1 Å². The van der Waals surface area contributed by atoms with Gasteiger partial charge in [-0.1, -0.05) is 18.2 Å². The summed E-state index contributed by atoms with van der Waals surface area (Å²) >= 11 is 1.77. The molecule has 2 bridgehead atoms. The summed E-state index contributed by atoms with van der Waals surface area (Å²) in [6, 6.07) is 16.1. The van der Waals surface area contributed by atoms with Crippen molar-refractivity contribution in [2.45, 2.75) is 31.3 Å². The van der Waals surface area contributed by atoms with Gasteiger partial charge in [0.25, 0.3) is 0 Å². The second-order valence-corrected chi connectivity index (χ2v) is 10.2. The zero-order valence-electron chi connectivity index (χ0n) is 18.8. The molecule has 164 valence electrons. The monoisotopic (exact) mass is 435 g/mol. The van der Waals surface area contributed by atoms with Gasteiger partial charge in [0.2, 0.25) is 0 Å². The Bertz CT molecular complexity index is 992. The van der Waals surface area contributed by atoms with Crippen LogP contribution in [0.25, 0.3) is 10.6 Å². The number of aryl methyl sites for hydroxylation is 1. The highest BCUT2D eigenvalue weighted by Crippen LogP contribution is 2.42. The first kappa shape index (κ1) is 20.7. The lowest BCUT2D eigenvalue weighted by atomic mass is 9.74. The van der Waals surface area contributed by atoms with E-state index >= 15 is 0 Å². The number of nitrogens with one attached hydrogen (secondary N) is 1. The molecule has 3 saturated heterocycles. The lowest BCUT2D eigenvalue weighted by molar-refractivity contribution is 0.0282. The molecule has 6 rings (SSSR count). The van der Waals surface area contributed by atoms with Gasteiger partial charge in [0.15, 0.2) is 0 Å². The van der Waals surface area contributed by atoms with Gasteiger partial charge in [-0.3, -0.25) is 9.58 Å². The Morgan fingerprint density at radius 1 is 1.19 bits per heavy atom. The molecule has 1 aromatic carbocycles. The number of hydrogen-bond donors (Lipinski definition) is 1. The van der Waals surface area contributed by atoms with Crippen molar-refractivity contribution in [1.82, 2.24) is 20.0 Å². The minimum Gasteiger partial charge on any atom is -0.378 e. The molecule has 3 fully saturated rings. The van der Waals surface area contributed by atoms with Crippen molar-refractivity contribution >= 4 is 17.0 Å². The number of piperidine rings is 3. The normalized spacial score (nSPS) is 25.1. The van der Waals surface area contributed by atoms with Crippen LogP contribution in [-0.4, -0.2) is 54.5 Å². The van der Waals surface area contributed by atoms with E-state index in [1.165, 1.54) is 41.2 Å². The maximum atomic E-state index is 4.82. The van der Waals surface area contributed by atoms with E-state index in [1.807, 2.05) is 0 Å². The fraction of sp³-hybridized carbons (Fsp3) is 0.480. The Labute approximate surface area is 189 Å². The van der Waals surface area contributed by atoms with Gasteiger partial charge < -0.3 is 10.2 Å². The fourth-order valence-electron chi connectivity index (χ4n) is 5.35.